The lowest BCUT2D eigenvalue weighted by Gasteiger charge is -2.19. The average molecular weight is 340 g/mol. The summed E-state index contributed by atoms with van der Waals surface area (Å²) in [6.45, 7) is 3.17. The van der Waals surface area contributed by atoms with Crippen molar-refractivity contribution in [2.24, 2.45) is 5.73 Å². The maximum absolute atomic E-state index is 12.6. The molecule has 0 saturated carbocycles. The van der Waals surface area contributed by atoms with Crippen LogP contribution in [0.3, 0.4) is 0 Å². The van der Waals surface area contributed by atoms with Crippen LogP contribution in [-0.4, -0.2) is 40.5 Å². The Morgan fingerprint density at radius 1 is 1.24 bits per heavy atom. The molecule has 3 N–H and O–H groups in total. The van der Waals surface area contributed by atoms with Gasteiger partial charge in [0, 0.05) is 31.4 Å². The number of carbonyl (C=O) groups is 2. The van der Waals surface area contributed by atoms with Gasteiger partial charge in [0.05, 0.1) is 0 Å². The van der Waals surface area contributed by atoms with Crippen molar-refractivity contribution in [1.82, 2.24) is 14.8 Å². The number of urea groups is 1. The van der Waals surface area contributed by atoms with Crippen LogP contribution in [0.4, 0.5) is 4.79 Å². The van der Waals surface area contributed by atoms with Crippen molar-refractivity contribution in [1.29, 1.82) is 0 Å². The third kappa shape index (κ3) is 4.02. The van der Waals surface area contributed by atoms with Crippen molar-refractivity contribution in [3.05, 3.63) is 59.9 Å². The van der Waals surface area contributed by atoms with Gasteiger partial charge in [0.1, 0.15) is 5.69 Å². The molecule has 0 radical (unpaired) electrons. The highest BCUT2D eigenvalue weighted by molar-refractivity contribution is 5.93. The molecule has 2 atom stereocenters. The largest absolute Gasteiger partial charge is 0.351 e. The third-order valence-corrected chi connectivity index (χ3v) is 4.70. The molecule has 1 aromatic heterocycles. The van der Waals surface area contributed by atoms with Gasteiger partial charge >= 0.3 is 6.03 Å². The predicted molar refractivity (Wildman–Crippen MR) is 96.3 cm³/mol. The Kier molecular flexibility index (Phi) is 5.07. The van der Waals surface area contributed by atoms with Crippen LogP contribution in [0.5, 0.6) is 0 Å². The fraction of sp³-hybridized carbons (Fsp3) is 0.368. The Bertz CT molecular complexity index is 741. The monoisotopic (exact) mass is 340 g/mol. The lowest BCUT2D eigenvalue weighted by atomic mass is 10.1. The zero-order chi connectivity index (χ0) is 17.8. The fourth-order valence-electron chi connectivity index (χ4n) is 3.36. The second-order valence-electron chi connectivity index (χ2n) is 6.58. The van der Waals surface area contributed by atoms with Gasteiger partial charge in [0.25, 0.3) is 5.91 Å². The molecule has 0 aliphatic carbocycles. The Hall–Kier alpha value is -2.76. The summed E-state index contributed by atoms with van der Waals surface area (Å²) in [5.41, 5.74) is 7.17. The van der Waals surface area contributed by atoms with Crippen LogP contribution in [0.25, 0.3) is 0 Å². The van der Waals surface area contributed by atoms with Crippen LogP contribution in [0.15, 0.2) is 48.7 Å². The molecule has 6 heteroatoms. The molecule has 3 amide bonds. The van der Waals surface area contributed by atoms with Gasteiger partial charge in [-0.1, -0.05) is 30.3 Å². The topological polar surface area (TPSA) is 80.4 Å². The minimum Gasteiger partial charge on any atom is -0.351 e. The summed E-state index contributed by atoms with van der Waals surface area (Å²) in [5.74, 6) is -0.110. The van der Waals surface area contributed by atoms with Crippen molar-refractivity contribution < 1.29 is 9.59 Å². The number of rotatable bonds is 5. The van der Waals surface area contributed by atoms with Gasteiger partial charge in [-0.3, -0.25) is 4.79 Å². The number of amides is 3. The van der Waals surface area contributed by atoms with Crippen LogP contribution in [0.1, 0.15) is 35.4 Å². The maximum Gasteiger partial charge on any atom is 0.314 e. The molecule has 1 fully saturated rings. The molecular formula is C19H24N4O2. The molecule has 1 saturated heterocycles. The summed E-state index contributed by atoms with van der Waals surface area (Å²) in [6.07, 6.45) is 3.52. The molecule has 2 aromatic rings. The zero-order valence-electron chi connectivity index (χ0n) is 14.4. The highest BCUT2D eigenvalue weighted by Gasteiger charge is 2.27. The quantitative estimate of drug-likeness (QED) is 0.875. The smallest absolute Gasteiger partial charge is 0.314 e. The van der Waals surface area contributed by atoms with E-state index in [9.17, 15) is 9.59 Å². The number of aromatic nitrogens is 1. The molecular weight excluding hydrogens is 316 g/mol. The van der Waals surface area contributed by atoms with Gasteiger partial charge in [-0.15, -0.1) is 0 Å². The first kappa shape index (κ1) is 17.1. The van der Waals surface area contributed by atoms with Crippen LogP contribution >= 0.6 is 0 Å². The van der Waals surface area contributed by atoms with E-state index in [4.69, 9.17) is 5.73 Å². The molecule has 6 nitrogen and oxygen atoms in total. The average Bonchev–Trinajstić information content (AvgIpc) is 3.25. The first-order chi connectivity index (χ1) is 12.0. The number of nitrogens with two attached hydrogens (primary N) is 1. The van der Waals surface area contributed by atoms with E-state index in [-0.39, 0.29) is 18.0 Å². The number of hydrogen-bond donors (Lipinski definition) is 2. The molecule has 0 unspecified atom stereocenters. The Morgan fingerprint density at radius 3 is 2.68 bits per heavy atom. The normalized spacial score (nSPS) is 18.1. The van der Waals surface area contributed by atoms with Crippen LogP contribution < -0.4 is 11.1 Å². The van der Waals surface area contributed by atoms with Crippen molar-refractivity contribution in [2.75, 3.05) is 13.1 Å². The van der Waals surface area contributed by atoms with E-state index >= 15 is 0 Å². The zero-order valence-corrected chi connectivity index (χ0v) is 14.4. The lowest BCUT2D eigenvalue weighted by Crippen LogP contribution is -2.40. The van der Waals surface area contributed by atoms with Gasteiger partial charge in [-0.05, 0) is 37.5 Å². The molecule has 25 heavy (non-hydrogen) atoms. The van der Waals surface area contributed by atoms with E-state index in [1.165, 1.54) is 5.56 Å². The van der Waals surface area contributed by atoms with E-state index in [2.05, 4.69) is 24.4 Å². The van der Waals surface area contributed by atoms with Gasteiger partial charge in [0.15, 0.2) is 0 Å². The third-order valence-electron chi connectivity index (χ3n) is 4.70. The molecule has 3 rings (SSSR count). The summed E-state index contributed by atoms with van der Waals surface area (Å²) < 4.78 is 2.00. The van der Waals surface area contributed by atoms with E-state index < -0.39 is 6.03 Å². The Balaban J connectivity index is 1.64. The van der Waals surface area contributed by atoms with Crippen LogP contribution in [0.2, 0.25) is 0 Å². The van der Waals surface area contributed by atoms with E-state index in [1.807, 2.05) is 41.1 Å². The minimum atomic E-state index is -0.434. The maximum atomic E-state index is 12.6. The van der Waals surface area contributed by atoms with Crippen molar-refractivity contribution in [3.63, 3.8) is 0 Å². The molecule has 0 bridgehead atoms. The Morgan fingerprint density at radius 2 is 2.00 bits per heavy atom. The summed E-state index contributed by atoms with van der Waals surface area (Å²) >= 11 is 0. The first-order valence-corrected chi connectivity index (χ1v) is 8.60. The SMILES string of the molecule is C[C@H](Cc1ccccc1)n1cccc1C(=O)N[C@H]1CCN(C(N)=O)C1. The number of benzene rings is 1. The number of primary amides is 1. The van der Waals surface area contributed by atoms with Gasteiger partial charge in [-0.25, -0.2) is 4.79 Å². The summed E-state index contributed by atoms with van der Waals surface area (Å²) in [4.78, 5) is 25.4. The van der Waals surface area contributed by atoms with E-state index in [1.54, 1.807) is 4.90 Å². The van der Waals surface area contributed by atoms with Crippen LogP contribution in [0, 0.1) is 0 Å². The highest BCUT2D eigenvalue weighted by atomic mass is 16.2. The van der Waals surface area contributed by atoms with Crippen LogP contribution in [-0.2, 0) is 6.42 Å². The molecule has 132 valence electrons. The molecule has 1 aliphatic heterocycles. The number of hydrogen-bond acceptors (Lipinski definition) is 2. The standard InChI is InChI=1S/C19H24N4O2/c1-14(12-15-6-3-2-4-7-15)23-10-5-8-17(23)18(24)21-16-9-11-22(13-16)19(20)25/h2-8,10,14,16H,9,11-13H2,1H3,(H2,20,25)(H,21,24)/t14-,16+/m1/s1. The second kappa shape index (κ2) is 7.42. The Labute approximate surface area is 147 Å². The predicted octanol–water partition coefficient (Wildman–Crippen LogP) is 2.17. The second-order valence-corrected chi connectivity index (χ2v) is 6.58. The summed E-state index contributed by atoms with van der Waals surface area (Å²) in [6, 6.07) is 13.6. The van der Waals surface area contributed by atoms with Crippen molar-refractivity contribution in [2.45, 2.75) is 31.8 Å². The summed E-state index contributed by atoms with van der Waals surface area (Å²) in [7, 11) is 0. The number of nitrogens with one attached hydrogen (secondary N) is 1. The number of nitrogens with zero attached hydrogens (tertiary/aromatic N) is 2. The first-order valence-electron chi connectivity index (χ1n) is 8.60. The molecule has 1 aliphatic rings. The van der Waals surface area contributed by atoms with Crippen molar-refractivity contribution in [3.8, 4) is 0 Å². The van der Waals surface area contributed by atoms with Gasteiger partial charge in [-0.2, -0.15) is 0 Å². The minimum absolute atomic E-state index is 0.0484. The number of likely N-dealkylation sites (tertiary alicyclic amines) is 1. The van der Waals surface area contributed by atoms with Crippen molar-refractivity contribution >= 4 is 11.9 Å². The fourth-order valence-corrected chi connectivity index (χ4v) is 3.36. The molecule has 1 aromatic carbocycles. The summed E-state index contributed by atoms with van der Waals surface area (Å²) in [5, 5.41) is 3.02. The molecule has 0 spiro atoms. The molecule has 2 heterocycles. The number of carbonyl (C=O) groups excluding carboxylic acids is 2. The van der Waals surface area contributed by atoms with Gasteiger partial charge < -0.3 is 20.5 Å². The van der Waals surface area contributed by atoms with E-state index in [0.717, 1.165) is 12.8 Å². The van der Waals surface area contributed by atoms with Gasteiger partial charge in [0.2, 0.25) is 0 Å². The lowest BCUT2D eigenvalue weighted by molar-refractivity contribution is 0.0926. The highest BCUT2D eigenvalue weighted by Crippen LogP contribution is 2.18. The van der Waals surface area contributed by atoms with E-state index in [0.29, 0.717) is 18.8 Å².